The molecule has 160 valence electrons. The van der Waals surface area contributed by atoms with Crippen LogP contribution in [0.2, 0.25) is 0 Å². The van der Waals surface area contributed by atoms with Crippen molar-refractivity contribution in [2.75, 3.05) is 19.6 Å². The lowest BCUT2D eigenvalue weighted by Crippen LogP contribution is -2.30. The molecule has 5 rings (SSSR count). The molecule has 3 aromatic carbocycles. The number of amides is 2. The predicted molar refractivity (Wildman–Crippen MR) is 127 cm³/mol. The van der Waals surface area contributed by atoms with Gasteiger partial charge in [0, 0.05) is 37.0 Å². The summed E-state index contributed by atoms with van der Waals surface area (Å²) in [5.41, 5.74) is 3.21. The number of hydrogen-bond acceptors (Lipinski definition) is 3. The molecular weight excluding hydrogens is 398 g/mol. The summed E-state index contributed by atoms with van der Waals surface area (Å²) < 4.78 is 0. The maximum absolute atomic E-state index is 13.1. The molecule has 1 N–H and O–H groups in total. The first-order valence-corrected chi connectivity index (χ1v) is 11.1. The van der Waals surface area contributed by atoms with Crippen LogP contribution in [0.25, 0.3) is 32.9 Å². The molecule has 1 saturated heterocycles. The van der Waals surface area contributed by atoms with Crippen molar-refractivity contribution in [3.05, 3.63) is 78.4 Å². The summed E-state index contributed by atoms with van der Waals surface area (Å²) in [6.07, 6.45) is 2.33. The third-order valence-corrected chi connectivity index (χ3v) is 6.09. The number of para-hydroxylation sites is 1. The fourth-order valence-corrected chi connectivity index (χ4v) is 4.46. The van der Waals surface area contributed by atoms with E-state index < -0.39 is 0 Å². The lowest BCUT2D eigenvalue weighted by Gasteiger charge is -2.16. The lowest BCUT2D eigenvalue weighted by molar-refractivity contribution is -0.127. The number of hydrogen-bond donors (Lipinski definition) is 1. The number of nitrogens with zero attached hydrogens (tertiary/aromatic N) is 2. The minimum Gasteiger partial charge on any atom is -0.352 e. The average molecular weight is 424 g/mol. The maximum atomic E-state index is 13.1. The molecule has 0 unspecified atom stereocenters. The Kier molecular flexibility index (Phi) is 5.55. The Hall–Kier alpha value is -3.73. The van der Waals surface area contributed by atoms with Gasteiger partial charge in [-0.3, -0.25) is 9.59 Å². The number of carbonyl (C=O) groups excluding carboxylic acids is 2. The minimum absolute atomic E-state index is 0.113. The summed E-state index contributed by atoms with van der Waals surface area (Å²) in [7, 11) is 0. The van der Waals surface area contributed by atoms with Crippen LogP contribution in [0.4, 0.5) is 0 Å². The van der Waals surface area contributed by atoms with E-state index in [2.05, 4.69) is 23.5 Å². The Bertz CT molecular complexity index is 1310. The van der Waals surface area contributed by atoms with Gasteiger partial charge in [-0.05, 0) is 35.7 Å². The molecule has 0 aliphatic carbocycles. The molecule has 2 amide bonds. The Morgan fingerprint density at radius 1 is 0.969 bits per heavy atom. The smallest absolute Gasteiger partial charge is 0.252 e. The van der Waals surface area contributed by atoms with Crippen LogP contribution in [0.3, 0.4) is 0 Å². The van der Waals surface area contributed by atoms with Crippen molar-refractivity contribution >= 4 is 33.5 Å². The molecule has 5 heteroatoms. The number of carbonyl (C=O) groups is 2. The number of pyridine rings is 1. The van der Waals surface area contributed by atoms with E-state index in [0.717, 1.165) is 52.3 Å². The van der Waals surface area contributed by atoms with Gasteiger partial charge in [0.2, 0.25) is 5.91 Å². The summed E-state index contributed by atoms with van der Waals surface area (Å²) in [4.78, 5) is 31.7. The zero-order valence-electron chi connectivity index (χ0n) is 17.9. The van der Waals surface area contributed by atoms with Crippen LogP contribution in [0.5, 0.6) is 0 Å². The van der Waals surface area contributed by atoms with Crippen LogP contribution < -0.4 is 5.32 Å². The molecular formula is C27H25N3O2. The molecule has 0 radical (unpaired) electrons. The highest BCUT2D eigenvalue weighted by molar-refractivity contribution is 6.08. The first-order valence-electron chi connectivity index (χ1n) is 11.1. The van der Waals surface area contributed by atoms with Crippen molar-refractivity contribution < 1.29 is 9.59 Å². The topological polar surface area (TPSA) is 62.3 Å². The second-order valence-corrected chi connectivity index (χ2v) is 8.19. The first kappa shape index (κ1) is 20.2. The van der Waals surface area contributed by atoms with E-state index in [4.69, 9.17) is 4.98 Å². The van der Waals surface area contributed by atoms with Crippen LogP contribution in [0, 0.1) is 0 Å². The van der Waals surface area contributed by atoms with Crippen LogP contribution in [0.15, 0.2) is 72.8 Å². The van der Waals surface area contributed by atoms with Gasteiger partial charge in [-0.25, -0.2) is 4.98 Å². The summed E-state index contributed by atoms with van der Waals surface area (Å²) >= 11 is 0. The Balaban J connectivity index is 1.43. The van der Waals surface area contributed by atoms with E-state index in [1.54, 1.807) is 0 Å². The van der Waals surface area contributed by atoms with E-state index in [1.807, 2.05) is 59.5 Å². The fourth-order valence-electron chi connectivity index (χ4n) is 4.46. The van der Waals surface area contributed by atoms with Crippen LogP contribution >= 0.6 is 0 Å². The number of rotatable bonds is 6. The summed E-state index contributed by atoms with van der Waals surface area (Å²) in [6.45, 7) is 2.05. The standard InChI is InChI=1S/C27H25N3O2/c31-26-14-6-16-30(26)17-7-15-28-27(32)23-18-25(29-24-13-4-3-11-22(23)24)21-12-5-9-19-8-1-2-10-20(19)21/h1-5,8-13,18H,6-7,14-17H2,(H,28,32). The number of nitrogens with one attached hydrogen (secondary N) is 1. The van der Waals surface area contributed by atoms with Crippen molar-refractivity contribution in [2.24, 2.45) is 0 Å². The highest BCUT2D eigenvalue weighted by atomic mass is 16.2. The second-order valence-electron chi connectivity index (χ2n) is 8.19. The van der Waals surface area contributed by atoms with Gasteiger partial charge in [0.05, 0.1) is 16.8 Å². The molecule has 0 saturated carbocycles. The van der Waals surface area contributed by atoms with Gasteiger partial charge < -0.3 is 10.2 Å². The quantitative estimate of drug-likeness (QED) is 0.453. The summed E-state index contributed by atoms with van der Waals surface area (Å²) in [5, 5.41) is 6.13. The second kappa shape index (κ2) is 8.79. The highest BCUT2D eigenvalue weighted by Crippen LogP contribution is 2.30. The molecule has 2 heterocycles. The molecule has 0 spiro atoms. The molecule has 1 aromatic heterocycles. The third-order valence-electron chi connectivity index (χ3n) is 6.09. The Morgan fingerprint density at radius 2 is 1.75 bits per heavy atom. The van der Waals surface area contributed by atoms with Gasteiger partial charge >= 0.3 is 0 Å². The van der Waals surface area contributed by atoms with E-state index in [1.165, 1.54) is 0 Å². The van der Waals surface area contributed by atoms with Crippen molar-refractivity contribution in [3.63, 3.8) is 0 Å². The minimum atomic E-state index is -0.113. The van der Waals surface area contributed by atoms with Crippen LogP contribution in [0.1, 0.15) is 29.6 Å². The number of benzene rings is 3. The molecule has 1 fully saturated rings. The van der Waals surface area contributed by atoms with Gasteiger partial charge in [0.25, 0.3) is 5.91 Å². The first-order chi connectivity index (χ1) is 15.7. The lowest BCUT2D eigenvalue weighted by atomic mass is 9.99. The Morgan fingerprint density at radius 3 is 2.59 bits per heavy atom. The summed E-state index contributed by atoms with van der Waals surface area (Å²) in [6, 6.07) is 24.0. The largest absolute Gasteiger partial charge is 0.352 e. The summed E-state index contributed by atoms with van der Waals surface area (Å²) in [5.74, 6) is 0.106. The molecule has 1 aliphatic rings. The van der Waals surface area contributed by atoms with Gasteiger partial charge in [0.1, 0.15) is 0 Å². The zero-order valence-corrected chi connectivity index (χ0v) is 17.9. The number of aromatic nitrogens is 1. The fraction of sp³-hybridized carbons (Fsp3) is 0.222. The number of likely N-dealkylation sites (tertiary alicyclic amines) is 1. The van der Waals surface area contributed by atoms with Gasteiger partial charge in [0.15, 0.2) is 0 Å². The Labute approximate surface area is 187 Å². The van der Waals surface area contributed by atoms with E-state index >= 15 is 0 Å². The molecule has 5 nitrogen and oxygen atoms in total. The van der Waals surface area contributed by atoms with Gasteiger partial charge in [-0.15, -0.1) is 0 Å². The third kappa shape index (κ3) is 3.94. The van der Waals surface area contributed by atoms with Crippen molar-refractivity contribution in [2.45, 2.75) is 19.3 Å². The zero-order chi connectivity index (χ0) is 21.9. The van der Waals surface area contributed by atoms with Crippen molar-refractivity contribution in [1.82, 2.24) is 15.2 Å². The predicted octanol–water partition coefficient (Wildman–Crippen LogP) is 4.80. The number of fused-ring (bicyclic) bond motifs is 2. The molecule has 4 aromatic rings. The monoisotopic (exact) mass is 423 g/mol. The van der Waals surface area contributed by atoms with E-state index in [-0.39, 0.29) is 11.8 Å². The van der Waals surface area contributed by atoms with Crippen LogP contribution in [-0.4, -0.2) is 41.3 Å². The average Bonchev–Trinajstić information content (AvgIpc) is 3.25. The normalized spacial score (nSPS) is 13.8. The highest BCUT2D eigenvalue weighted by Gasteiger charge is 2.19. The maximum Gasteiger partial charge on any atom is 0.252 e. The van der Waals surface area contributed by atoms with Crippen molar-refractivity contribution in [1.29, 1.82) is 0 Å². The molecule has 32 heavy (non-hydrogen) atoms. The van der Waals surface area contributed by atoms with Crippen LogP contribution in [-0.2, 0) is 4.79 Å². The van der Waals surface area contributed by atoms with E-state index in [0.29, 0.717) is 25.1 Å². The van der Waals surface area contributed by atoms with E-state index in [9.17, 15) is 9.59 Å². The molecule has 1 aliphatic heterocycles. The van der Waals surface area contributed by atoms with Gasteiger partial charge in [-0.2, -0.15) is 0 Å². The SMILES string of the molecule is O=C(NCCCN1CCCC1=O)c1cc(-c2cccc3ccccc23)nc2ccccc12. The van der Waals surface area contributed by atoms with Crippen molar-refractivity contribution in [3.8, 4) is 11.3 Å². The van der Waals surface area contributed by atoms with Gasteiger partial charge in [-0.1, -0.05) is 60.7 Å². The molecule has 0 bridgehead atoms. The molecule has 0 atom stereocenters.